The summed E-state index contributed by atoms with van der Waals surface area (Å²) < 4.78 is 0. The molecule has 11 heavy (non-hydrogen) atoms. The molecule has 1 heterocycles. The van der Waals surface area contributed by atoms with E-state index < -0.39 is 11.8 Å². The van der Waals surface area contributed by atoms with Crippen molar-refractivity contribution in [1.29, 1.82) is 0 Å². The highest BCUT2D eigenvalue weighted by molar-refractivity contribution is 7.07. The third kappa shape index (κ3) is 6.46. The van der Waals surface area contributed by atoms with E-state index in [2.05, 4.69) is 16.5 Å². The normalized spacial score (nSPS) is 7.64. The molecule has 4 N–H and O–H groups in total. The molecular formula is C5H7N3O2S. The van der Waals surface area contributed by atoms with Gasteiger partial charge in [-0.3, -0.25) is 14.6 Å². The number of carbonyl (C=O) groups excluding carboxylic acids is 2. The van der Waals surface area contributed by atoms with Crippen LogP contribution in [-0.4, -0.2) is 16.8 Å². The molecule has 0 atom stereocenters. The molecule has 6 heteroatoms. The summed E-state index contributed by atoms with van der Waals surface area (Å²) in [5.41, 5.74) is 10.4. The minimum atomic E-state index is -1.10. The number of thiazole rings is 1. The van der Waals surface area contributed by atoms with Crippen LogP contribution in [0.5, 0.6) is 0 Å². The summed E-state index contributed by atoms with van der Waals surface area (Å²) in [5.74, 6) is -2.20. The zero-order valence-corrected chi connectivity index (χ0v) is 6.38. The summed E-state index contributed by atoms with van der Waals surface area (Å²) in [6.07, 6.45) is 1.77. The van der Waals surface area contributed by atoms with Crippen molar-refractivity contribution in [3.63, 3.8) is 0 Å². The quantitative estimate of drug-likeness (QED) is 0.497. The number of primary amides is 2. The van der Waals surface area contributed by atoms with Crippen LogP contribution in [0.4, 0.5) is 0 Å². The molecule has 0 aliphatic carbocycles. The van der Waals surface area contributed by atoms with E-state index in [1.54, 1.807) is 23.0 Å². The molecule has 2 amide bonds. The fourth-order valence-electron chi connectivity index (χ4n) is 0.176. The van der Waals surface area contributed by atoms with Gasteiger partial charge in [-0.15, -0.1) is 11.3 Å². The summed E-state index contributed by atoms with van der Waals surface area (Å²) in [5, 5.41) is 1.93. The van der Waals surface area contributed by atoms with Crippen LogP contribution < -0.4 is 11.5 Å². The molecule has 0 bridgehead atoms. The summed E-state index contributed by atoms with van der Waals surface area (Å²) in [6, 6.07) is 0. The van der Waals surface area contributed by atoms with E-state index in [-0.39, 0.29) is 0 Å². The Morgan fingerprint density at radius 3 is 1.91 bits per heavy atom. The Hall–Kier alpha value is -1.43. The van der Waals surface area contributed by atoms with Crippen LogP contribution in [0.25, 0.3) is 0 Å². The number of nitrogens with zero attached hydrogens (tertiary/aromatic N) is 1. The zero-order valence-electron chi connectivity index (χ0n) is 5.56. The molecule has 0 aromatic carbocycles. The monoisotopic (exact) mass is 173 g/mol. The van der Waals surface area contributed by atoms with Gasteiger partial charge in [0.25, 0.3) is 0 Å². The van der Waals surface area contributed by atoms with E-state index in [1.165, 1.54) is 0 Å². The Labute approximate surface area is 67.0 Å². The molecule has 1 rings (SSSR count). The van der Waals surface area contributed by atoms with Crippen LogP contribution in [-0.2, 0) is 9.59 Å². The maximum Gasteiger partial charge on any atom is 0.306 e. The van der Waals surface area contributed by atoms with Gasteiger partial charge in [0.15, 0.2) is 0 Å². The van der Waals surface area contributed by atoms with Gasteiger partial charge in [0.1, 0.15) is 0 Å². The number of amides is 2. The fourth-order valence-corrected chi connectivity index (χ4v) is 0.527. The van der Waals surface area contributed by atoms with Crippen LogP contribution in [0.3, 0.4) is 0 Å². The van der Waals surface area contributed by atoms with Gasteiger partial charge in [-0.1, -0.05) is 0 Å². The molecule has 0 saturated carbocycles. The first-order valence-electron chi connectivity index (χ1n) is 2.56. The lowest BCUT2D eigenvalue weighted by Crippen LogP contribution is -2.29. The minimum Gasteiger partial charge on any atom is -0.361 e. The fraction of sp³-hybridized carbons (Fsp3) is 0. The number of hydrogen-bond donors (Lipinski definition) is 2. The van der Waals surface area contributed by atoms with Crippen molar-refractivity contribution in [2.24, 2.45) is 11.5 Å². The Bertz CT molecular complexity index is 192. The largest absolute Gasteiger partial charge is 0.361 e. The van der Waals surface area contributed by atoms with Crippen molar-refractivity contribution in [2.45, 2.75) is 0 Å². The number of carbonyl (C=O) groups is 2. The lowest BCUT2D eigenvalue weighted by molar-refractivity contribution is -0.135. The number of rotatable bonds is 0. The van der Waals surface area contributed by atoms with Crippen LogP contribution in [0.1, 0.15) is 0 Å². The average molecular weight is 173 g/mol. The molecule has 0 aliphatic heterocycles. The van der Waals surface area contributed by atoms with Gasteiger partial charge in [0.2, 0.25) is 0 Å². The van der Waals surface area contributed by atoms with Crippen molar-refractivity contribution >= 4 is 23.2 Å². The number of nitrogens with two attached hydrogens (primary N) is 2. The van der Waals surface area contributed by atoms with Gasteiger partial charge in [0, 0.05) is 11.6 Å². The Kier molecular flexibility index (Phi) is 4.67. The molecule has 0 spiro atoms. The van der Waals surface area contributed by atoms with Crippen molar-refractivity contribution in [1.82, 2.24) is 4.98 Å². The van der Waals surface area contributed by atoms with Gasteiger partial charge >= 0.3 is 11.8 Å². The Morgan fingerprint density at radius 1 is 1.27 bits per heavy atom. The SMILES string of the molecule is NC(=O)C(N)=O.c1cscn1. The van der Waals surface area contributed by atoms with Gasteiger partial charge in [-0.25, -0.2) is 0 Å². The lowest BCUT2D eigenvalue weighted by atomic mass is 10.6. The van der Waals surface area contributed by atoms with E-state index >= 15 is 0 Å². The smallest absolute Gasteiger partial charge is 0.306 e. The lowest BCUT2D eigenvalue weighted by Gasteiger charge is -1.75. The Balaban J connectivity index is 0.000000183. The molecule has 0 radical (unpaired) electrons. The second kappa shape index (κ2) is 5.36. The first-order chi connectivity index (χ1) is 5.14. The zero-order chi connectivity index (χ0) is 8.69. The highest BCUT2D eigenvalue weighted by atomic mass is 32.1. The summed E-state index contributed by atoms with van der Waals surface area (Å²) >= 11 is 1.60. The van der Waals surface area contributed by atoms with Crippen LogP contribution in [0.15, 0.2) is 17.1 Å². The average Bonchev–Trinajstić information content (AvgIpc) is 2.41. The molecule has 60 valence electrons. The second-order valence-electron chi connectivity index (χ2n) is 1.40. The minimum absolute atomic E-state index is 1.10. The Morgan fingerprint density at radius 2 is 1.82 bits per heavy atom. The summed E-state index contributed by atoms with van der Waals surface area (Å²) in [4.78, 5) is 22.6. The summed E-state index contributed by atoms with van der Waals surface area (Å²) in [7, 11) is 0. The molecular weight excluding hydrogens is 166 g/mol. The number of hydrogen-bond acceptors (Lipinski definition) is 4. The topological polar surface area (TPSA) is 99.1 Å². The molecule has 1 aromatic heterocycles. The van der Waals surface area contributed by atoms with E-state index in [9.17, 15) is 9.59 Å². The van der Waals surface area contributed by atoms with Gasteiger partial charge in [0.05, 0.1) is 5.51 Å². The summed E-state index contributed by atoms with van der Waals surface area (Å²) in [6.45, 7) is 0. The van der Waals surface area contributed by atoms with Gasteiger partial charge in [-0.05, 0) is 0 Å². The van der Waals surface area contributed by atoms with E-state index in [0.717, 1.165) is 0 Å². The molecule has 1 aromatic rings. The van der Waals surface area contributed by atoms with Crippen molar-refractivity contribution in [3.05, 3.63) is 17.1 Å². The highest BCUT2D eigenvalue weighted by Crippen LogP contribution is 1.85. The van der Waals surface area contributed by atoms with Crippen molar-refractivity contribution < 1.29 is 9.59 Å². The number of aromatic nitrogens is 1. The molecule has 0 aliphatic rings. The van der Waals surface area contributed by atoms with Crippen molar-refractivity contribution in [3.8, 4) is 0 Å². The highest BCUT2D eigenvalue weighted by Gasteiger charge is 1.96. The standard InChI is InChI=1S/C3H3NS.C2H4N2O2/c1-2-5-3-4-1;3-1(5)2(4)6/h1-3H;(H2,3,5)(H2,4,6). The van der Waals surface area contributed by atoms with Gasteiger partial charge in [-0.2, -0.15) is 0 Å². The molecule has 0 fully saturated rings. The van der Waals surface area contributed by atoms with Crippen LogP contribution in [0.2, 0.25) is 0 Å². The predicted molar refractivity (Wildman–Crippen MR) is 40.5 cm³/mol. The molecule has 0 unspecified atom stereocenters. The van der Waals surface area contributed by atoms with E-state index in [4.69, 9.17) is 0 Å². The predicted octanol–water partition coefficient (Wildman–Crippen LogP) is -0.900. The van der Waals surface area contributed by atoms with E-state index in [0.29, 0.717) is 0 Å². The maximum atomic E-state index is 9.45. The van der Waals surface area contributed by atoms with Crippen LogP contribution in [0, 0.1) is 0 Å². The maximum absolute atomic E-state index is 9.45. The first kappa shape index (κ1) is 9.57. The molecule has 5 nitrogen and oxygen atoms in total. The van der Waals surface area contributed by atoms with Gasteiger partial charge < -0.3 is 11.5 Å². The molecule has 0 saturated heterocycles. The second-order valence-corrected chi connectivity index (χ2v) is 2.16. The third-order valence-electron chi connectivity index (χ3n) is 0.590. The van der Waals surface area contributed by atoms with E-state index in [1.807, 2.05) is 5.38 Å². The first-order valence-corrected chi connectivity index (χ1v) is 3.50. The van der Waals surface area contributed by atoms with Crippen LogP contribution >= 0.6 is 11.3 Å². The third-order valence-corrected chi connectivity index (χ3v) is 1.11. The van der Waals surface area contributed by atoms with Crippen molar-refractivity contribution in [2.75, 3.05) is 0 Å².